The molecular formula is C23H25N7O3. The third-order valence-corrected chi connectivity index (χ3v) is 5.50. The normalized spacial score (nSPS) is 15.4. The molecule has 3 aromatic rings. The average Bonchev–Trinajstić information content (AvgIpc) is 3.28. The highest BCUT2D eigenvalue weighted by Gasteiger charge is 2.21. The maximum atomic E-state index is 11.3. The maximum Gasteiger partial charge on any atom is 0.231 e. The molecule has 3 heterocycles. The molecule has 10 nitrogen and oxygen atoms in total. The van der Waals surface area contributed by atoms with Crippen molar-refractivity contribution in [2.75, 3.05) is 48.5 Å². The van der Waals surface area contributed by atoms with Crippen LogP contribution in [-0.4, -0.2) is 58.7 Å². The summed E-state index contributed by atoms with van der Waals surface area (Å²) in [5.74, 6) is 2.62. The van der Waals surface area contributed by atoms with Crippen LogP contribution < -0.4 is 25.0 Å². The molecule has 0 spiro atoms. The summed E-state index contributed by atoms with van der Waals surface area (Å²) in [6.07, 6.45) is 1.52. The zero-order valence-electron chi connectivity index (χ0n) is 18.3. The van der Waals surface area contributed by atoms with E-state index in [-0.39, 0.29) is 5.91 Å². The fraction of sp³-hybridized carbons (Fsp3) is 0.304. The van der Waals surface area contributed by atoms with Gasteiger partial charge in [0, 0.05) is 51.0 Å². The SMILES string of the molecule is CC(=O)Nc1cccc(Nc2ncnc(N3CCN(Cc4ccc5c(c4)OCO5)CC3)n2)c1. The van der Waals surface area contributed by atoms with Gasteiger partial charge in [-0.25, -0.2) is 9.97 Å². The van der Waals surface area contributed by atoms with E-state index in [9.17, 15) is 4.79 Å². The van der Waals surface area contributed by atoms with Crippen molar-refractivity contribution in [1.29, 1.82) is 0 Å². The van der Waals surface area contributed by atoms with Gasteiger partial charge in [0.05, 0.1) is 0 Å². The number of ether oxygens (including phenoxy) is 2. The Bertz CT molecular complexity index is 1150. The van der Waals surface area contributed by atoms with Crippen LogP contribution in [0.5, 0.6) is 11.5 Å². The highest BCUT2D eigenvalue weighted by Crippen LogP contribution is 2.33. The molecule has 0 aliphatic carbocycles. The van der Waals surface area contributed by atoms with Crippen molar-refractivity contribution in [1.82, 2.24) is 19.9 Å². The monoisotopic (exact) mass is 447 g/mol. The third-order valence-electron chi connectivity index (χ3n) is 5.50. The maximum absolute atomic E-state index is 11.3. The molecule has 1 saturated heterocycles. The summed E-state index contributed by atoms with van der Waals surface area (Å²) in [7, 11) is 0. The Hall–Kier alpha value is -3.92. The van der Waals surface area contributed by atoms with E-state index in [0.717, 1.165) is 49.9 Å². The predicted molar refractivity (Wildman–Crippen MR) is 124 cm³/mol. The topological polar surface area (TPSA) is 105 Å². The molecule has 0 saturated carbocycles. The number of hydrogen-bond acceptors (Lipinski definition) is 9. The van der Waals surface area contributed by atoms with Crippen LogP contribution in [0.4, 0.5) is 23.3 Å². The third kappa shape index (κ3) is 5.12. The van der Waals surface area contributed by atoms with Gasteiger partial charge in [-0.1, -0.05) is 12.1 Å². The fourth-order valence-electron chi connectivity index (χ4n) is 3.91. The number of hydrogen-bond donors (Lipinski definition) is 2. The van der Waals surface area contributed by atoms with Gasteiger partial charge in [0.2, 0.25) is 24.6 Å². The largest absolute Gasteiger partial charge is 0.454 e. The molecule has 170 valence electrons. The number of carbonyl (C=O) groups excluding carboxylic acids is 1. The summed E-state index contributed by atoms with van der Waals surface area (Å²) >= 11 is 0. The molecule has 33 heavy (non-hydrogen) atoms. The van der Waals surface area contributed by atoms with Gasteiger partial charge in [-0.2, -0.15) is 4.98 Å². The van der Waals surface area contributed by atoms with Gasteiger partial charge in [-0.15, -0.1) is 0 Å². The molecule has 2 aromatic carbocycles. The first-order valence-electron chi connectivity index (χ1n) is 10.8. The van der Waals surface area contributed by atoms with Crippen molar-refractivity contribution < 1.29 is 14.3 Å². The molecule has 0 atom stereocenters. The molecule has 2 aliphatic heterocycles. The van der Waals surface area contributed by atoms with Crippen molar-refractivity contribution in [3.8, 4) is 11.5 Å². The molecule has 1 aromatic heterocycles. The Morgan fingerprint density at radius 1 is 1.00 bits per heavy atom. The first-order valence-corrected chi connectivity index (χ1v) is 10.8. The second-order valence-corrected chi connectivity index (χ2v) is 7.95. The number of piperazine rings is 1. The molecule has 0 bridgehead atoms. The zero-order valence-corrected chi connectivity index (χ0v) is 18.3. The number of benzene rings is 2. The van der Waals surface area contributed by atoms with E-state index in [1.165, 1.54) is 18.8 Å². The summed E-state index contributed by atoms with van der Waals surface area (Å²) in [6.45, 7) is 6.09. The minimum Gasteiger partial charge on any atom is -0.454 e. The van der Waals surface area contributed by atoms with Crippen LogP contribution in [0.2, 0.25) is 0 Å². The van der Waals surface area contributed by atoms with E-state index in [1.54, 1.807) is 0 Å². The molecule has 0 radical (unpaired) electrons. The Labute approximate surface area is 191 Å². The highest BCUT2D eigenvalue weighted by atomic mass is 16.7. The predicted octanol–water partition coefficient (Wildman–Crippen LogP) is 2.62. The Morgan fingerprint density at radius 2 is 1.82 bits per heavy atom. The minimum absolute atomic E-state index is 0.118. The van der Waals surface area contributed by atoms with Crippen LogP contribution in [0.1, 0.15) is 12.5 Å². The van der Waals surface area contributed by atoms with Gasteiger partial charge in [-0.3, -0.25) is 9.69 Å². The number of nitrogens with zero attached hydrogens (tertiary/aromatic N) is 5. The van der Waals surface area contributed by atoms with Gasteiger partial charge in [-0.05, 0) is 35.9 Å². The van der Waals surface area contributed by atoms with Crippen molar-refractivity contribution in [3.63, 3.8) is 0 Å². The summed E-state index contributed by atoms with van der Waals surface area (Å²) < 4.78 is 10.9. The van der Waals surface area contributed by atoms with Crippen molar-refractivity contribution >= 4 is 29.2 Å². The average molecular weight is 447 g/mol. The van der Waals surface area contributed by atoms with Gasteiger partial charge in [0.15, 0.2) is 11.5 Å². The molecular weight excluding hydrogens is 422 g/mol. The molecule has 10 heteroatoms. The van der Waals surface area contributed by atoms with Crippen LogP contribution in [0.3, 0.4) is 0 Å². The van der Waals surface area contributed by atoms with E-state index in [1.807, 2.05) is 30.3 Å². The molecule has 2 N–H and O–H groups in total. The number of rotatable bonds is 6. The smallest absolute Gasteiger partial charge is 0.231 e. The van der Waals surface area contributed by atoms with Crippen LogP contribution in [0, 0.1) is 0 Å². The van der Waals surface area contributed by atoms with Crippen molar-refractivity contribution in [3.05, 3.63) is 54.4 Å². The lowest BCUT2D eigenvalue weighted by Crippen LogP contribution is -2.46. The van der Waals surface area contributed by atoms with Gasteiger partial charge < -0.3 is 25.0 Å². The second kappa shape index (κ2) is 9.29. The summed E-state index contributed by atoms with van der Waals surface area (Å²) in [6, 6.07) is 13.5. The van der Waals surface area contributed by atoms with E-state index >= 15 is 0 Å². The number of carbonyl (C=O) groups is 1. The molecule has 2 aliphatic rings. The Balaban J connectivity index is 1.18. The van der Waals surface area contributed by atoms with Gasteiger partial charge in [0.1, 0.15) is 6.33 Å². The lowest BCUT2D eigenvalue weighted by molar-refractivity contribution is -0.114. The van der Waals surface area contributed by atoms with E-state index in [2.05, 4.69) is 47.5 Å². The van der Waals surface area contributed by atoms with E-state index in [4.69, 9.17) is 9.47 Å². The lowest BCUT2D eigenvalue weighted by atomic mass is 10.1. The van der Waals surface area contributed by atoms with Gasteiger partial charge >= 0.3 is 0 Å². The van der Waals surface area contributed by atoms with Crippen molar-refractivity contribution in [2.24, 2.45) is 0 Å². The van der Waals surface area contributed by atoms with Crippen molar-refractivity contribution in [2.45, 2.75) is 13.5 Å². The number of nitrogens with one attached hydrogen (secondary N) is 2. The van der Waals surface area contributed by atoms with Gasteiger partial charge in [0.25, 0.3) is 0 Å². The Kier molecular flexibility index (Phi) is 5.90. The van der Waals surface area contributed by atoms with Crippen LogP contribution in [0.25, 0.3) is 0 Å². The first kappa shape index (κ1) is 21.0. The molecule has 5 rings (SSSR count). The summed E-state index contributed by atoms with van der Waals surface area (Å²) in [5, 5.41) is 5.96. The first-order chi connectivity index (χ1) is 16.1. The quantitative estimate of drug-likeness (QED) is 0.590. The van der Waals surface area contributed by atoms with Crippen LogP contribution in [0.15, 0.2) is 48.8 Å². The number of aromatic nitrogens is 3. The zero-order chi connectivity index (χ0) is 22.6. The summed E-state index contributed by atoms with van der Waals surface area (Å²) in [4.78, 5) is 29.1. The molecule has 0 unspecified atom stereocenters. The number of anilines is 4. The molecule has 1 fully saturated rings. The second-order valence-electron chi connectivity index (χ2n) is 7.95. The van der Waals surface area contributed by atoms with E-state index < -0.39 is 0 Å². The Morgan fingerprint density at radius 3 is 2.67 bits per heavy atom. The molecule has 1 amide bonds. The lowest BCUT2D eigenvalue weighted by Gasteiger charge is -2.34. The van der Waals surface area contributed by atoms with Crippen LogP contribution in [-0.2, 0) is 11.3 Å². The minimum atomic E-state index is -0.118. The standard InChI is InChI=1S/C23H25N7O3/c1-16(31)26-18-3-2-4-19(12-18)27-22-24-14-25-23(28-22)30-9-7-29(8-10-30)13-17-5-6-20-21(11-17)33-15-32-20/h2-6,11-12,14H,7-10,13,15H2,1H3,(H,26,31)(H,24,25,27,28). The number of amides is 1. The number of fused-ring (bicyclic) bond motifs is 1. The fourth-order valence-corrected chi connectivity index (χ4v) is 3.91. The summed E-state index contributed by atoms with van der Waals surface area (Å²) in [5.41, 5.74) is 2.70. The van der Waals surface area contributed by atoms with Crippen LogP contribution >= 0.6 is 0 Å². The highest BCUT2D eigenvalue weighted by molar-refractivity contribution is 5.89. The van der Waals surface area contributed by atoms with E-state index in [0.29, 0.717) is 24.4 Å².